The molecule has 2 N–H and O–H groups in total. The lowest BCUT2D eigenvalue weighted by Gasteiger charge is -2.25. The fourth-order valence-electron chi connectivity index (χ4n) is 2.60. The van der Waals surface area contributed by atoms with E-state index in [0.29, 0.717) is 79.8 Å². The van der Waals surface area contributed by atoms with Crippen LogP contribution in [-0.4, -0.2) is 67.5 Å². The van der Waals surface area contributed by atoms with Gasteiger partial charge in [0.15, 0.2) is 11.6 Å². The van der Waals surface area contributed by atoms with Gasteiger partial charge in [0.25, 0.3) is 0 Å². The lowest BCUT2D eigenvalue weighted by atomic mass is 10.1. The standard InChI is InChI=1S/C19H24Cl2N4O4/c20-15-4-1-3-14(17(15)21)18-19(22)23-16(24-25-18)5-2-6-26-7-8-27-9-10-29-13-11-28-12-13/h1,3-4,13H,2,5-12H2,(H2,22,23,24). The zero-order valence-corrected chi connectivity index (χ0v) is 17.5. The van der Waals surface area contributed by atoms with Crippen molar-refractivity contribution in [3.8, 4) is 11.3 Å². The van der Waals surface area contributed by atoms with Crippen molar-refractivity contribution in [2.75, 3.05) is 52.0 Å². The predicted molar refractivity (Wildman–Crippen MR) is 110 cm³/mol. The molecule has 0 bridgehead atoms. The monoisotopic (exact) mass is 442 g/mol. The number of halogens is 2. The van der Waals surface area contributed by atoms with E-state index in [1.54, 1.807) is 18.2 Å². The Labute approximate surface area is 179 Å². The van der Waals surface area contributed by atoms with Crippen LogP contribution in [0.5, 0.6) is 0 Å². The Morgan fingerprint density at radius 2 is 1.79 bits per heavy atom. The van der Waals surface area contributed by atoms with E-state index in [1.807, 2.05) is 0 Å². The second-order valence-electron chi connectivity index (χ2n) is 6.42. The van der Waals surface area contributed by atoms with Crippen LogP contribution in [0.3, 0.4) is 0 Å². The molecule has 0 saturated carbocycles. The Kier molecular flexibility index (Phi) is 8.85. The van der Waals surface area contributed by atoms with Crippen molar-refractivity contribution < 1.29 is 18.9 Å². The van der Waals surface area contributed by atoms with Gasteiger partial charge in [0.2, 0.25) is 0 Å². The minimum Gasteiger partial charge on any atom is -0.382 e. The summed E-state index contributed by atoms with van der Waals surface area (Å²) in [7, 11) is 0. The average Bonchev–Trinajstić information content (AvgIpc) is 2.67. The number of anilines is 1. The third-order valence-corrected chi connectivity index (χ3v) is 5.03. The molecule has 0 radical (unpaired) electrons. The first kappa shape index (κ1) is 22.1. The highest BCUT2D eigenvalue weighted by atomic mass is 35.5. The van der Waals surface area contributed by atoms with E-state index >= 15 is 0 Å². The Bertz CT molecular complexity index is 793. The molecule has 1 saturated heterocycles. The molecular weight excluding hydrogens is 419 g/mol. The quantitative estimate of drug-likeness (QED) is 0.500. The van der Waals surface area contributed by atoms with Gasteiger partial charge in [-0.15, -0.1) is 10.2 Å². The van der Waals surface area contributed by atoms with E-state index in [0.717, 1.165) is 6.42 Å². The number of hydrogen-bond acceptors (Lipinski definition) is 8. The maximum atomic E-state index is 6.21. The summed E-state index contributed by atoms with van der Waals surface area (Å²) < 4.78 is 21.5. The van der Waals surface area contributed by atoms with Crippen LogP contribution in [0.25, 0.3) is 11.3 Å². The number of rotatable bonds is 12. The first-order chi connectivity index (χ1) is 14.1. The molecule has 1 fully saturated rings. The molecule has 0 aliphatic carbocycles. The summed E-state index contributed by atoms with van der Waals surface area (Å²) in [5.74, 6) is 0.825. The van der Waals surface area contributed by atoms with Gasteiger partial charge in [-0.3, -0.25) is 0 Å². The van der Waals surface area contributed by atoms with Gasteiger partial charge in [0.05, 0.1) is 49.7 Å². The summed E-state index contributed by atoms with van der Waals surface area (Å²) in [6.45, 7) is 4.14. The highest BCUT2D eigenvalue weighted by molar-refractivity contribution is 6.43. The van der Waals surface area contributed by atoms with Crippen LogP contribution in [0, 0.1) is 0 Å². The topological polar surface area (TPSA) is 102 Å². The first-order valence-electron chi connectivity index (χ1n) is 9.43. The number of nitrogens with two attached hydrogens (primary N) is 1. The highest BCUT2D eigenvalue weighted by Crippen LogP contribution is 2.34. The third kappa shape index (κ3) is 6.74. The number of nitrogens with zero attached hydrogens (tertiary/aromatic N) is 3. The summed E-state index contributed by atoms with van der Waals surface area (Å²) in [4.78, 5) is 4.31. The number of aromatic nitrogens is 3. The molecule has 2 heterocycles. The van der Waals surface area contributed by atoms with Gasteiger partial charge in [-0.25, -0.2) is 4.98 Å². The maximum Gasteiger partial charge on any atom is 0.154 e. The Hall–Kier alpha value is -1.55. The van der Waals surface area contributed by atoms with Crippen molar-refractivity contribution in [3.05, 3.63) is 34.1 Å². The molecule has 158 valence electrons. The number of nitrogen functional groups attached to an aromatic ring is 1. The molecule has 0 atom stereocenters. The van der Waals surface area contributed by atoms with Gasteiger partial charge in [0, 0.05) is 18.6 Å². The van der Waals surface area contributed by atoms with E-state index in [-0.39, 0.29) is 11.9 Å². The van der Waals surface area contributed by atoms with E-state index in [1.165, 1.54) is 0 Å². The van der Waals surface area contributed by atoms with Gasteiger partial charge in [-0.1, -0.05) is 35.3 Å². The molecule has 0 unspecified atom stereocenters. The second-order valence-corrected chi connectivity index (χ2v) is 7.21. The summed E-state index contributed by atoms with van der Waals surface area (Å²) >= 11 is 12.3. The Morgan fingerprint density at radius 1 is 1.03 bits per heavy atom. The summed E-state index contributed by atoms with van der Waals surface area (Å²) in [6.07, 6.45) is 1.60. The van der Waals surface area contributed by atoms with Crippen molar-refractivity contribution in [1.29, 1.82) is 0 Å². The van der Waals surface area contributed by atoms with Gasteiger partial charge >= 0.3 is 0 Å². The molecule has 2 aromatic rings. The largest absolute Gasteiger partial charge is 0.382 e. The minimum absolute atomic E-state index is 0.233. The highest BCUT2D eigenvalue weighted by Gasteiger charge is 2.18. The van der Waals surface area contributed by atoms with E-state index in [4.69, 9.17) is 47.9 Å². The number of hydrogen-bond donors (Lipinski definition) is 1. The second kappa shape index (κ2) is 11.6. The molecule has 3 rings (SSSR count). The van der Waals surface area contributed by atoms with Gasteiger partial charge in [0.1, 0.15) is 11.8 Å². The number of ether oxygens (including phenoxy) is 4. The molecule has 1 aromatic heterocycles. The SMILES string of the molecule is Nc1nc(CCCOCCOCCOC2COC2)nnc1-c1cccc(Cl)c1Cl. The minimum atomic E-state index is 0.233. The van der Waals surface area contributed by atoms with Crippen LogP contribution in [0.4, 0.5) is 5.82 Å². The van der Waals surface area contributed by atoms with E-state index < -0.39 is 0 Å². The van der Waals surface area contributed by atoms with Crippen LogP contribution in [0.2, 0.25) is 10.0 Å². The lowest BCUT2D eigenvalue weighted by molar-refractivity contribution is -0.137. The van der Waals surface area contributed by atoms with Crippen LogP contribution in [0.15, 0.2) is 18.2 Å². The van der Waals surface area contributed by atoms with Gasteiger partial charge in [-0.2, -0.15) is 0 Å². The van der Waals surface area contributed by atoms with Crippen molar-refractivity contribution in [2.24, 2.45) is 0 Å². The molecule has 1 aliphatic rings. The molecule has 1 aromatic carbocycles. The molecular formula is C19H24Cl2N4O4. The maximum absolute atomic E-state index is 6.21. The number of benzene rings is 1. The summed E-state index contributed by atoms with van der Waals surface area (Å²) in [5, 5.41) is 9.11. The van der Waals surface area contributed by atoms with Gasteiger partial charge < -0.3 is 24.7 Å². The zero-order chi connectivity index (χ0) is 20.5. The number of aryl methyl sites for hydroxylation is 1. The van der Waals surface area contributed by atoms with Crippen LogP contribution in [0.1, 0.15) is 12.2 Å². The third-order valence-electron chi connectivity index (χ3n) is 4.21. The van der Waals surface area contributed by atoms with Crippen LogP contribution < -0.4 is 5.73 Å². The lowest BCUT2D eigenvalue weighted by Crippen LogP contribution is -2.36. The van der Waals surface area contributed by atoms with Crippen molar-refractivity contribution in [2.45, 2.75) is 18.9 Å². The molecule has 29 heavy (non-hydrogen) atoms. The fraction of sp³-hybridized carbons (Fsp3) is 0.526. The fourth-order valence-corrected chi connectivity index (χ4v) is 2.99. The smallest absolute Gasteiger partial charge is 0.154 e. The van der Waals surface area contributed by atoms with Crippen molar-refractivity contribution in [3.63, 3.8) is 0 Å². The molecule has 0 spiro atoms. The summed E-state index contributed by atoms with van der Waals surface area (Å²) in [6, 6.07) is 5.25. The molecule has 10 heteroatoms. The van der Waals surface area contributed by atoms with Crippen LogP contribution >= 0.6 is 23.2 Å². The van der Waals surface area contributed by atoms with Crippen LogP contribution in [-0.2, 0) is 25.4 Å². The first-order valence-corrected chi connectivity index (χ1v) is 10.2. The molecule has 1 aliphatic heterocycles. The van der Waals surface area contributed by atoms with E-state index in [9.17, 15) is 0 Å². The molecule has 8 nitrogen and oxygen atoms in total. The zero-order valence-electron chi connectivity index (χ0n) is 16.0. The van der Waals surface area contributed by atoms with Gasteiger partial charge in [-0.05, 0) is 12.5 Å². The van der Waals surface area contributed by atoms with Crippen molar-refractivity contribution >= 4 is 29.0 Å². The average molecular weight is 443 g/mol. The summed E-state index contributed by atoms with van der Waals surface area (Å²) in [5.41, 5.74) is 7.06. The predicted octanol–water partition coefficient (Wildman–Crippen LogP) is 2.81. The van der Waals surface area contributed by atoms with Crippen molar-refractivity contribution in [1.82, 2.24) is 15.2 Å². The Morgan fingerprint density at radius 3 is 2.52 bits per heavy atom. The molecule has 0 amide bonds. The Balaban J connectivity index is 1.31. The van der Waals surface area contributed by atoms with E-state index in [2.05, 4.69) is 15.2 Å². The normalized spacial score (nSPS) is 14.1.